The number of nitrogens with zero attached hydrogens (tertiary/aromatic N) is 2. The number of nitrogens with one attached hydrogen (secondary N) is 2. The minimum Gasteiger partial charge on any atom is -0.350 e. The predicted octanol–water partition coefficient (Wildman–Crippen LogP) is 1.44. The fourth-order valence-corrected chi connectivity index (χ4v) is 2.71. The molecule has 5 heteroatoms. The Morgan fingerprint density at radius 1 is 1.55 bits per heavy atom. The van der Waals surface area contributed by atoms with E-state index in [0.29, 0.717) is 17.5 Å². The van der Waals surface area contributed by atoms with Gasteiger partial charge in [0, 0.05) is 13.1 Å². The second kappa shape index (κ2) is 6.88. The molecular formula is C15H26N4O. The molecule has 0 saturated carbocycles. The van der Waals surface area contributed by atoms with Gasteiger partial charge in [0.05, 0.1) is 5.69 Å². The number of amides is 1. The standard InChI is InChI=1S/C15H26N4O/c1-4-13-8-14(19(5-2)18-13)15(20)17-10-12-9-16-7-6-11(12)3/h8,11-12,16H,4-7,9-10H2,1-3H3,(H,17,20). The third-order valence-electron chi connectivity index (χ3n) is 4.24. The van der Waals surface area contributed by atoms with E-state index in [-0.39, 0.29) is 5.91 Å². The monoisotopic (exact) mass is 278 g/mol. The van der Waals surface area contributed by atoms with Gasteiger partial charge in [-0.2, -0.15) is 5.10 Å². The van der Waals surface area contributed by atoms with Crippen LogP contribution in [0, 0.1) is 11.8 Å². The lowest BCUT2D eigenvalue weighted by molar-refractivity contribution is 0.0928. The van der Waals surface area contributed by atoms with Crippen LogP contribution in [0.5, 0.6) is 0 Å². The molecule has 0 bridgehead atoms. The van der Waals surface area contributed by atoms with Crippen LogP contribution in [0.4, 0.5) is 0 Å². The number of carbonyl (C=O) groups is 1. The average molecular weight is 278 g/mol. The van der Waals surface area contributed by atoms with Gasteiger partial charge in [-0.3, -0.25) is 9.48 Å². The van der Waals surface area contributed by atoms with Crippen molar-refractivity contribution in [3.05, 3.63) is 17.5 Å². The molecule has 1 aliphatic heterocycles. The molecule has 2 rings (SSSR count). The summed E-state index contributed by atoms with van der Waals surface area (Å²) in [4.78, 5) is 12.3. The van der Waals surface area contributed by atoms with Crippen LogP contribution in [-0.4, -0.2) is 35.3 Å². The molecule has 1 aromatic heterocycles. The highest BCUT2D eigenvalue weighted by Crippen LogP contribution is 2.17. The van der Waals surface area contributed by atoms with E-state index in [0.717, 1.165) is 38.3 Å². The zero-order chi connectivity index (χ0) is 14.5. The van der Waals surface area contributed by atoms with Crippen molar-refractivity contribution >= 4 is 5.91 Å². The van der Waals surface area contributed by atoms with E-state index in [9.17, 15) is 4.79 Å². The quantitative estimate of drug-likeness (QED) is 0.857. The van der Waals surface area contributed by atoms with Gasteiger partial charge >= 0.3 is 0 Å². The SMILES string of the molecule is CCc1cc(C(=O)NCC2CNCCC2C)n(CC)n1. The minimum absolute atomic E-state index is 0.00294. The number of aromatic nitrogens is 2. The Morgan fingerprint density at radius 3 is 3.00 bits per heavy atom. The number of hydrogen-bond donors (Lipinski definition) is 2. The molecule has 1 saturated heterocycles. The van der Waals surface area contributed by atoms with Crippen LogP contribution < -0.4 is 10.6 Å². The van der Waals surface area contributed by atoms with Crippen LogP contribution in [-0.2, 0) is 13.0 Å². The molecular weight excluding hydrogens is 252 g/mol. The first-order valence-corrected chi connectivity index (χ1v) is 7.71. The molecule has 1 aliphatic rings. The van der Waals surface area contributed by atoms with Crippen LogP contribution in [0.15, 0.2) is 6.07 Å². The molecule has 112 valence electrons. The second-order valence-electron chi connectivity index (χ2n) is 5.63. The first kappa shape index (κ1) is 15.0. The lowest BCUT2D eigenvalue weighted by atomic mass is 9.88. The van der Waals surface area contributed by atoms with Crippen molar-refractivity contribution < 1.29 is 4.79 Å². The summed E-state index contributed by atoms with van der Waals surface area (Å²) in [6.07, 6.45) is 2.05. The van der Waals surface area contributed by atoms with Gasteiger partial charge < -0.3 is 10.6 Å². The van der Waals surface area contributed by atoms with Gasteiger partial charge in [0.25, 0.3) is 5.91 Å². The number of hydrogen-bond acceptors (Lipinski definition) is 3. The summed E-state index contributed by atoms with van der Waals surface area (Å²) in [6.45, 7) is 9.88. The zero-order valence-corrected chi connectivity index (χ0v) is 12.8. The van der Waals surface area contributed by atoms with Crippen molar-refractivity contribution in [3.63, 3.8) is 0 Å². The summed E-state index contributed by atoms with van der Waals surface area (Å²) in [7, 11) is 0. The predicted molar refractivity (Wildman–Crippen MR) is 79.8 cm³/mol. The summed E-state index contributed by atoms with van der Waals surface area (Å²) in [5.41, 5.74) is 1.66. The Balaban J connectivity index is 1.95. The van der Waals surface area contributed by atoms with Crippen LogP contribution in [0.25, 0.3) is 0 Å². The first-order valence-electron chi connectivity index (χ1n) is 7.71. The molecule has 2 N–H and O–H groups in total. The lowest BCUT2D eigenvalue weighted by Gasteiger charge is -2.29. The third-order valence-corrected chi connectivity index (χ3v) is 4.24. The molecule has 0 radical (unpaired) electrons. The molecule has 2 unspecified atom stereocenters. The van der Waals surface area contributed by atoms with Crippen LogP contribution in [0.2, 0.25) is 0 Å². The van der Waals surface area contributed by atoms with E-state index >= 15 is 0 Å². The largest absolute Gasteiger partial charge is 0.350 e. The number of carbonyl (C=O) groups excluding carboxylic acids is 1. The van der Waals surface area contributed by atoms with Crippen molar-refractivity contribution in [2.24, 2.45) is 11.8 Å². The highest BCUT2D eigenvalue weighted by molar-refractivity contribution is 5.92. The maximum Gasteiger partial charge on any atom is 0.269 e. The number of rotatable bonds is 5. The topological polar surface area (TPSA) is 59.0 Å². The summed E-state index contributed by atoms with van der Waals surface area (Å²) in [6, 6.07) is 1.90. The Labute approximate surface area is 121 Å². The molecule has 1 fully saturated rings. The van der Waals surface area contributed by atoms with Crippen LogP contribution in [0.1, 0.15) is 43.4 Å². The maximum atomic E-state index is 12.3. The van der Waals surface area contributed by atoms with Crippen molar-refractivity contribution in [2.75, 3.05) is 19.6 Å². The summed E-state index contributed by atoms with van der Waals surface area (Å²) in [5, 5.41) is 10.9. The fraction of sp³-hybridized carbons (Fsp3) is 0.733. The molecule has 2 atom stereocenters. The highest BCUT2D eigenvalue weighted by atomic mass is 16.2. The van der Waals surface area contributed by atoms with E-state index in [1.807, 2.05) is 13.0 Å². The summed E-state index contributed by atoms with van der Waals surface area (Å²) in [5.74, 6) is 1.19. The number of aryl methyl sites for hydroxylation is 2. The van der Waals surface area contributed by atoms with E-state index in [2.05, 4.69) is 29.6 Å². The van der Waals surface area contributed by atoms with Crippen molar-refractivity contribution in [1.29, 1.82) is 0 Å². The maximum absolute atomic E-state index is 12.3. The Bertz CT molecular complexity index is 455. The molecule has 0 spiro atoms. The molecule has 1 amide bonds. The van der Waals surface area contributed by atoms with Crippen molar-refractivity contribution in [3.8, 4) is 0 Å². The molecule has 20 heavy (non-hydrogen) atoms. The molecule has 2 heterocycles. The van der Waals surface area contributed by atoms with Crippen molar-refractivity contribution in [2.45, 2.75) is 40.2 Å². The number of piperidine rings is 1. The van der Waals surface area contributed by atoms with Gasteiger partial charge in [0.2, 0.25) is 0 Å². The highest BCUT2D eigenvalue weighted by Gasteiger charge is 2.22. The lowest BCUT2D eigenvalue weighted by Crippen LogP contribution is -2.42. The summed E-state index contributed by atoms with van der Waals surface area (Å²) < 4.78 is 1.79. The van der Waals surface area contributed by atoms with Crippen LogP contribution >= 0.6 is 0 Å². The molecule has 1 aromatic rings. The molecule has 5 nitrogen and oxygen atoms in total. The third kappa shape index (κ3) is 3.39. The average Bonchev–Trinajstić information content (AvgIpc) is 2.89. The Kier molecular flexibility index (Phi) is 5.17. The molecule has 0 aromatic carbocycles. The van der Waals surface area contributed by atoms with E-state index in [1.165, 1.54) is 6.42 Å². The van der Waals surface area contributed by atoms with Gasteiger partial charge in [0.15, 0.2) is 0 Å². The summed E-state index contributed by atoms with van der Waals surface area (Å²) >= 11 is 0. The fourth-order valence-electron chi connectivity index (χ4n) is 2.71. The second-order valence-corrected chi connectivity index (χ2v) is 5.63. The zero-order valence-electron chi connectivity index (χ0n) is 12.8. The van der Waals surface area contributed by atoms with E-state index < -0.39 is 0 Å². The van der Waals surface area contributed by atoms with E-state index in [1.54, 1.807) is 4.68 Å². The Morgan fingerprint density at radius 2 is 2.35 bits per heavy atom. The van der Waals surface area contributed by atoms with Crippen LogP contribution in [0.3, 0.4) is 0 Å². The van der Waals surface area contributed by atoms with Gasteiger partial charge in [-0.15, -0.1) is 0 Å². The Hall–Kier alpha value is -1.36. The van der Waals surface area contributed by atoms with Gasteiger partial charge in [-0.1, -0.05) is 13.8 Å². The van der Waals surface area contributed by atoms with Gasteiger partial charge in [0.1, 0.15) is 5.69 Å². The van der Waals surface area contributed by atoms with Crippen molar-refractivity contribution in [1.82, 2.24) is 20.4 Å². The molecule has 0 aliphatic carbocycles. The normalized spacial score (nSPS) is 22.8. The minimum atomic E-state index is -0.00294. The van der Waals surface area contributed by atoms with Gasteiger partial charge in [-0.05, 0) is 50.8 Å². The first-order chi connectivity index (χ1) is 9.65. The van der Waals surface area contributed by atoms with Gasteiger partial charge in [-0.25, -0.2) is 0 Å². The van der Waals surface area contributed by atoms with E-state index in [4.69, 9.17) is 0 Å². The smallest absolute Gasteiger partial charge is 0.269 e.